The van der Waals surface area contributed by atoms with Crippen LogP contribution in [0, 0.1) is 6.92 Å². The van der Waals surface area contributed by atoms with Gasteiger partial charge in [-0.2, -0.15) is 0 Å². The van der Waals surface area contributed by atoms with E-state index in [4.69, 9.17) is 4.74 Å². The molecule has 2 N–H and O–H groups in total. The summed E-state index contributed by atoms with van der Waals surface area (Å²) in [5, 5.41) is 6.26. The Morgan fingerprint density at radius 2 is 1.59 bits per heavy atom. The van der Waals surface area contributed by atoms with Crippen LogP contribution in [0.2, 0.25) is 0 Å². The molecule has 2 aliphatic heterocycles. The molecular formula is C27H36N4O3. The van der Waals surface area contributed by atoms with Gasteiger partial charge in [-0.3, -0.25) is 19.4 Å². The highest BCUT2D eigenvalue weighted by Gasteiger charge is 2.23. The summed E-state index contributed by atoms with van der Waals surface area (Å²) in [6, 6.07) is 16.1. The molecule has 0 aromatic heterocycles. The van der Waals surface area contributed by atoms with Crippen molar-refractivity contribution in [3.63, 3.8) is 0 Å². The van der Waals surface area contributed by atoms with Gasteiger partial charge in [0.2, 0.25) is 5.91 Å². The Balaban J connectivity index is 1.19. The fourth-order valence-electron chi connectivity index (χ4n) is 4.66. The molecule has 2 saturated heterocycles. The number of carbonyl (C=O) groups excluding carboxylic acids is 2. The topological polar surface area (TPSA) is 73.9 Å². The summed E-state index contributed by atoms with van der Waals surface area (Å²) in [7, 11) is 0. The number of hydrogen-bond acceptors (Lipinski definition) is 5. The van der Waals surface area contributed by atoms with Crippen LogP contribution in [0.5, 0.6) is 0 Å². The van der Waals surface area contributed by atoms with Gasteiger partial charge in [-0.1, -0.05) is 42.5 Å². The van der Waals surface area contributed by atoms with E-state index in [9.17, 15) is 9.59 Å². The minimum absolute atomic E-state index is 0.00922. The molecule has 0 unspecified atom stereocenters. The summed E-state index contributed by atoms with van der Waals surface area (Å²) in [4.78, 5) is 29.8. The molecule has 182 valence electrons. The molecule has 0 spiro atoms. The third kappa shape index (κ3) is 6.88. The summed E-state index contributed by atoms with van der Waals surface area (Å²) < 4.78 is 5.45. The highest BCUT2D eigenvalue weighted by Crippen LogP contribution is 2.14. The number of benzene rings is 2. The molecule has 2 aromatic carbocycles. The van der Waals surface area contributed by atoms with Crippen molar-refractivity contribution in [1.82, 2.24) is 20.4 Å². The van der Waals surface area contributed by atoms with Crippen LogP contribution in [-0.4, -0.2) is 73.6 Å². The summed E-state index contributed by atoms with van der Waals surface area (Å²) in [6.07, 6.45) is 1.71. The van der Waals surface area contributed by atoms with E-state index >= 15 is 0 Å². The van der Waals surface area contributed by atoms with E-state index in [1.807, 2.05) is 37.3 Å². The van der Waals surface area contributed by atoms with E-state index in [2.05, 4.69) is 38.6 Å². The van der Waals surface area contributed by atoms with Crippen molar-refractivity contribution in [3.05, 3.63) is 70.8 Å². The standard InChI is InChI=1S/C27H36N4O3/c1-21-6-2-5-9-25(21)27(33)29-24-10-12-30(13-11-24)20-26(32)28-18-22-7-3-4-8-23(22)19-31-14-16-34-17-15-31/h2-9,24H,10-20H2,1H3,(H,28,32)(H,29,33). The minimum Gasteiger partial charge on any atom is -0.379 e. The van der Waals surface area contributed by atoms with Crippen molar-refractivity contribution in [2.75, 3.05) is 45.9 Å². The molecule has 34 heavy (non-hydrogen) atoms. The molecule has 4 rings (SSSR count). The predicted octanol–water partition coefficient (Wildman–Crippen LogP) is 2.34. The lowest BCUT2D eigenvalue weighted by Gasteiger charge is -2.32. The van der Waals surface area contributed by atoms with Crippen LogP contribution in [0.3, 0.4) is 0 Å². The van der Waals surface area contributed by atoms with Gasteiger partial charge in [-0.25, -0.2) is 0 Å². The van der Waals surface area contributed by atoms with E-state index in [1.165, 1.54) is 11.1 Å². The fraction of sp³-hybridized carbons (Fsp3) is 0.481. The smallest absolute Gasteiger partial charge is 0.251 e. The average Bonchev–Trinajstić information content (AvgIpc) is 2.85. The maximum absolute atomic E-state index is 12.6. The molecule has 0 aliphatic carbocycles. The van der Waals surface area contributed by atoms with Gasteiger partial charge in [0.15, 0.2) is 0 Å². The first-order valence-electron chi connectivity index (χ1n) is 12.3. The maximum atomic E-state index is 12.6. The van der Waals surface area contributed by atoms with E-state index in [0.717, 1.165) is 69.9 Å². The van der Waals surface area contributed by atoms with Gasteiger partial charge in [0.1, 0.15) is 0 Å². The summed E-state index contributed by atoms with van der Waals surface area (Å²) in [5.74, 6) is 0.0357. The SMILES string of the molecule is Cc1ccccc1C(=O)NC1CCN(CC(=O)NCc2ccccc2CN2CCOCC2)CC1. The first-order chi connectivity index (χ1) is 16.6. The van der Waals surface area contributed by atoms with Crippen molar-refractivity contribution >= 4 is 11.8 Å². The number of amides is 2. The van der Waals surface area contributed by atoms with Gasteiger partial charge in [-0.15, -0.1) is 0 Å². The van der Waals surface area contributed by atoms with Crippen LogP contribution in [0.15, 0.2) is 48.5 Å². The van der Waals surface area contributed by atoms with Gasteiger partial charge < -0.3 is 15.4 Å². The van der Waals surface area contributed by atoms with Crippen LogP contribution < -0.4 is 10.6 Å². The molecule has 0 saturated carbocycles. The average molecular weight is 465 g/mol. The fourth-order valence-corrected chi connectivity index (χ4v) is 4.66. The maximum Gasteiger partial charge on any atom is 0.251 e. The number of likely N-dealkylation sites (tertiary alicyclic amines) is 1. The Hall–Kier alpha value is -2.74. The third-order valence-electron chi connectivity index (χ3n) is 6.77. The number of nitrogens with one attached hydrogen (secondary N) is 2. The predicted molar refractivity (Wildman–Crippen MR) is 132 cm³/mol. The van der Waals surface area contributed by atoms with Crippen molar-refractivity contribution in [3.8, 4) is 0 Å². The van der Waals surface area contributed by atoms with Crippen molar-refractivity contribution in [2.24, 2.45) is 0 Å². The zero-order valence-corrected chi connectivity index (χ0v) is 20.1. The highest BCUT2D eigenvalue weighted by molar-refractivity contribution is 5.95. The lowest BCUT2D eigenvalue weighted by atomic mass is 10.0. The van der Waals surface area contributed by atoms with E-state index < -0.39 is 0 Å². The Kier molecular flexibility index (Phi) is 8.68. The van der Waals surface area contributed by atoms with Crippen LogP contribution in [0.4, 0.5) is 0 Å². The minimum atomic E-state index is -0.00922. The number of rotatable bonds is 8. The number of ether oxygens (including phenoxy) is 1. The molecule has 7 heteroatoms. The van der Waals surface area contributed by atoms with Crippen LogP contribution in [0.1, 0.15) is 39.9 Å². The van der Waals surface area contributed by atoms with Crippen LogP contribution >= 0.6 is 0 Å². The first-order valence-corrected chi connectivity index (χ1v) is 12.3. The number of hydrogen-bond donors (Lipinski definition) is 2. The third-order valence-corrected chi connectivity index (χ3v) is 6.77. The largest absolute Gasteiger partial charge is 0.379 e. The van der Waals surface area contributed by atoms with Gasteiger partial charge >= 0.3 is 0 Å². The molecule has 2 aliphatic rings. The van der Waals surface area contributed by atoms with Crippen LogP contribution in [0.25, 0.3) is 0 Å². The molecule has 2 amide bonds. The Morgan fingerprint density at radius 1 is 0.912 bits per heavy atom. The van der Waals surface area contributed by atoms with Gasteiger partial charge in [0, 0.05) is 50.9 Å². The molecule has 0 atom stereocenters. The first kappa shape index (κ1) is 24.4. The van der Waals surface area contributed by atoms with Crippen molar-refractivity contribution < 1.29 is 14.3 Å². The summed E-state index contributed by atoms with van der Waals surface area (Å²) >= 11 is 0. The lowest BCUT2D eigenvalue weighted by Crippen LogP contribution is -2.47. The molecule has 2 heterocycles. The zero-order valence-electron chi connectivity index (χ0n) is 20.1. The molecule has 2 aromatic rings. The van der Waals surface area contributed by atoms with Gasteiger partial charge in [0.25, 0.3) is 5.91 Å². The van der Waals surface area contributed by atoms with E-state index in [1.54, 1.807) is 0 Å². The number of carbonyl (C=O) groups is 2. The van der Waals surface area contributed by atoms with Crippen molar-refractivity contribution in [1.29, 1.82) is 0 Å². The van der Waals surface area contributed by atoms with Crippen molar-refractivity contribution in [2.45, 2.75) is 38.9 Å². The number of morpholine rings is 1. The van der Waals surface area contributed by atoms with Gasteiger partial charge in [-0.05, 0) is 42.5 Å². The molecule has 0 bridgehead atoms. The molecule has 2 fully saturated rings. The molecular weight excluding hydrogens is 428 g/mol. The second-order valence-corrected chi connectivity index (χ2v) is 9.27. The normalized spacial score (nSPS) is 17.9. The van der Waals surface area contributed by atoms with E-state index in [0.29, 0.717) is 13.1 Å². The monoisotopic (exact) mass is 464 g/mol. The van der Waals surface area contributed by atoms with Gasteiger partial charge in [0.05, 0.1) is 19.8 Å². The van der Waals surface area contributed by atoms with E-state index in [-0.39, 0.29) is 17.9 Å². The second-order valence-electron chi connectivity index (χ2n) is 9.27. The Bertz CT molecular complexity index is 966. The Labute approximate surface area is 202 Å². The Morgan fingerprint density at radius 3 is 2.32 bits per heavy atom. The summed E-state index contributed by atoms with van der Waals surface area (Å²) in [5.41, 5.74) is 4.15. The zero-order chi connectivity index (χ0) is 23.8. The highest BCUT2D eigenvalue weighted by atomic mass is 16.5. The second kappa shape index (κ2) is 12.1. The molecule has 7 nitrogen and oxygen atoms in total. The number of piperidine rings is 1. The molecule has 0 radical (unpaired) electrons. The summed E-state index contributed by atoms with van der Waals surface area (Å²) in [6.45, 7) is 8.85. The lowest BCUT2D eigenvalue weighted by molar-refractivity contribution is -0.122. The number of nitrogens with zero attached hydrogens (tertiary/aromatic N) is 2. The van der Waals surface area contributed by atoms with Crippen LogP contribution in [-0.2, 0) is 22.6 Å². The quantitative estimate of drug-likeness (QED) is 0.627. The number of aryl methyl sites for hydroxylation is 1.